The van der Waals surface area contributed by atoms with Crippen LogP contribution >= 0.6 is 0 Å². The third kappa shape index (κ3) is 4.15. The molecule has 1 N–H and O–H groups in total. The lowest BCUT2D eigenvalue weighted by Crippen LogP contribution is -2.31. The topological polar surface area (TPSA) is 92.5 Å². The van der Waals surface area contributed by atoms with Crippen LogP contribution in [0, 0.1) is 16.0 Å². The van der Waals surface area contributed by atoms with E-state index in [4.69, 9.17) is 0 Å². The zero-order valence-electron chi connectivity index (χ0n) is 12.7. The maximum Gasteiger partial charge on any atom is 0.270 e. The van der Waals surface area contributed by atoms with Crippen LogP contribution in [0.15, 0.2) is 23.1 Å². The van der Waals surface area contributed by atoms with Gasteiger partial charge in [0.1, 0.15) is 4.90 Å². The first-order chi connectivity index (χ1) is 9.70. The summed E-state index contributed by atoms with van der Waals surface area (Å²) in [7, 11) is -2.30. The Balaban J connectivity index is 3.36. The van der Waals surface area contributed by atoms with E-state index in [-0.39, 0.29) is 16.5 Å². The monoisotopic (exact) mass is 315 g/mol. The van der Waals surface area contributed by atoms with Crippen molar-refractivity contribution in [2.75, 3.05) is 25.5 Å². The highest BCUT2D eigenvalue weighted by Gasteiger charge is 2.26. The molecule has 0 aliphatic heterocycles. The number of non-ortho nitro benzene ring substituents is 1. The van der Waals surface area contributed by atoms with Gasteiger partial charge in [-0.3, -0.25) is 10.1 Å². The molecule has 0 fully saturated rings. The molecule has 7 nitrogen and oxygen atoms in total. The van der Waals surface area contributed by atoms with Crippen molar-refractivity contribution in [3.05, 3.63) is 28.3 Å². The first-order valence-electron chi connectivity index (χ1n) is 6.68. The molecule has 1 aromatic rings. The van der Waals surface area contributed by atoms with E-state index < -0.39 is 14.9 Å². The van der Waals surface area contributed by atoms with Gasteiger partial charge in [-0.1, -0.05) is 13.8 Å². The van der Waals surface area contributed by atoms with E-state index in [2.05, 4.69) is 5.32 Å². The molecule has 0 aliphatic rings. The summed E-state index contributed by atoms with van der Waals surface area (Å²) in [6.07, 6.45) is 0. The summed E-state index contributed by atoms with van der Waals surface area (Å²) in [5, 5.41) is 13.8. The van der Waals surface area contributed by atoms with Gasteiger partial charge in [-0.15, -0.1) is 0 Å². The Hall–Kier alpha value is -1.67. The van der Waals surface area contributed by atoms with Gasteiger partial charge >= 0.3 is 0 Å². The molecule has 21 heavy (non-hydrogen) atoms. The zero-order chi connectivity index (χ0) is 16.2. The Kier molecular flexibility index (Phi) is 5.68. The minimum atomic E-state index is -3.78. The quantitative estimate of drug-likeness (QED) is 0.615. The lowest BCUT2D eigenvalue weighted by Gasteiger charge is -2.21. The molecule has 0 atom stereocenters. The van der Waals surface area contributed by atoms with Gasteiger partial charge in [0.25, 0.3) is 5.69 Å². The van der Waals surface area contributed by atoms with E-state index in [1.165, 1.54) is 23.5 Å². The van der Waals surface area contributed by atoms with Crippen LogP contribution < -0.4 is 5.32 Å². The molecular formula is C13H21N3O4S. The first-order valence-corrected chi connectivity index (χ1v) is 8.12. The number of anilines is 1. The van der Waals surface area contributed by atoms with Crippen molar-refractivity contribution >= 4 is 21.4 Å². The van der Waals surface area contributed by atoms with Gasteiger partial charge in [0.2, 0.25) is 10.0 Å². The Morgan fingerprint density at radius 2 is 2.00 bits per heavy atom. The molecule has 0 heterocycles. The summed E-state index contributed by atoms with van der Waals surface area (Å²) in [6, 6.07) is 3.82. The number of hydrogen-bond acceptors (Lipinski definition) is 5. The highest BCUT2D eigenvalue weighted by Crippen LogP contribution is 2.28. The van der Waals surface area contributed by atoms with Gasteiger partial charge in [-0.25, -0.2) is 12.7 Å². The molecule has 0 radical (unpaired) electrons. The summed E-state index contributed by atoms with van der Waals surface area (Å²) >= 11 is 0. The maximum absolute atomic E-state index is 12.6. The second kappa shape index (κ2) is 6.86. The average molecular weight is 315 g/mol. The number of nitro benzene ring substituents is 1. The number of nitrogens with one attached hydrogen (secondary N) is 1. The van der Waals surface area contributed by atoms with Crippen LogP contribution in [0.3, 0.4) is 0 Å². The summed E-state index contributed by atoms with van der Waals surface area (Å²) in [5.74, 6) is 0.158. The molecule has 0 unspecified atom stereocenters. The molecule has 0 aromatic heterocycles. The van der Waals surface area contributed by atoms with E-state index in [0.717, 1.165) is 6.07 Å². The fraction of sp³-hybridized carbons (Fsp3) is 0.538. The molecule has 0 saturated heterocycles. The van der Waals surface area contributed by atoms with Crippen LogP contribution in [-0.4, -0.2) is 37.8 Å². The Labute approximate surface area is 125 Å². The number of nitro groups is 1. The number of sulfonamides is 1. The number of hydrogen-bond donors (Lipinski definition) is 1. The molecule has 0 spiro atoms. The van der Waals surface area contributed by atoms with Crippen molar-refractivity contribution in [1.82, 2.24) is 4.31 Å². The predicted octanol–water partition coefficient (Wildman–Crippen LogP) is 2.30. The van der Waals surface area contributed by atoms with Gasteiger partial charge in [-0.2, -0.15) is 0 Å². The van der Waals surface area contributed by atoms with Crippen molar-refractivity contribution in [2.24, 2.45) is 5.92 Å². The summed E-state index contributed by atoms with van der Waals surface area (Å²) in [5.41, 5.74) is 0.131. The van der Waals surface area contributed by atoms with Crippen molar-refractivity contribution < 1.29 is 13.3 Å². The van der Waals surface area contributed by atoms with Gasteiger partial charge in [0.05, 0.1) is 10.6 Å². The number of nitrogens with zero attached hydrogens (tertiary/aromatic N) is 2. The molecular weight excluding hydrogens is 294 g/mol. The second-order valence-corrected chi connectivity index (χ2v) is 7.16. The van der Waals surface area contributed by atoms with Gasteiger partial charge in [0.15, 0.2) is 0 Å². The van der Waals surface area contributed by atoms with Crippen LogP contribution in [0.1, 0.15) is 20.8 Å². The minimum Gasteiger partial charge on any atom is -0.384 e. The number of rotatable bonds is 7. The smallest absolute Gasteiger partial charge is 0.270 e. The van der Waals surface area contributed by atoms with Crippen LogP contribution in [0.4, 0.5) is 11.4 Å². The fourth-order valence-electron chi connectivity index (χ4n) is 1.95. The van der Waals surface area contributed by atoms with Crippen LogP contribution in [0.5, 0.6) is 0 Å². The molecule has 0 amide bonds. The van der Waals surface area contributed by atoms with Crippen LogP contribution in [-0.2, 0) is 10.0 Å². The van der Waals surface area contributed by atoms with Crippen molar-refractivity contribution in [3.63, 3.8) is 0 Å². The zero-order valence-corrected chi connectivity index (χ0v) is 13.5. The first kappa shape index (κ1) is 17.4. The van der Waals surface area contributed by atoms with Crippen LogP contribution in [0.2, 0.25) is 0 Å². The SMILES string of the molecule is CCNc1ccc([N+](=O)[O-])cc1S(=O)(=O)N(C)CC(C)C. The van der Waals surface area contributed by atoms with E-state index in [1.54, 1.807) is 0 Å². The predicted molar refractivity (Wildman–Crippen MR) is 81.9 cm³/mol. The molecule has 118 valence electrons. The van der Waals surface area contributed by atoms with E-state index in [1.807, 2.05) is 20.8 Å². The Bertz CT molecular complexity index is 614. The summed E-state index contributed by atoms with van der Waals surface area (Å²) in [4.78, 5) is 10.2. The van der Waals surface area contributed by atoms with Gasteiger partial charge < -0.3 is 5.32 Å². The molecule has 1 aromatic carbocycles. The highest BCUT2D eigenvalue weighted by molar-refractivity contribution is 7.89. The van der Waals surface area contributed by atoms with Crippen molar-refractivity contribution in [1.29, 1.82) is 0 Å². The van der Waals surface area contributed by atoms with Gasteiger partial charge in [0, 0.05) is 32.3 Å². The maximum atomic E-state index is 12.6. The molecule has 0 bridgehead atoms. The van der Waals surface area contributed by atoms with E-state index in [9.17, 15) is 18.5 Å². The second-order valence-electron chi connectivity index (χ2n) is 5.15. The van der Waals surface area contributed by atoms with Gasteiger partial charge in [-0.05, 0) is 18.9 Å². The normalized spacial score (nSPS) is 11.9. The molecule has 8 heteroatoms. The van der Waals surface area contributed by atoms with E-state index in [0.29, 0.717) is 18.8 Å². The lowest BCUT2D eigenvalue weighted by molar-refractivity contribution is -0.385. The Morgan fingerprint density at radius 1 is 1.38 bits per heavy atom. The van der Waals surface area contributed by atoms with Crippen molar-refractivity contribution in [3.8, 4) is 0 Å². The average Bonchev–Trinajstić information content (AvgIpc) is 2.38. The van der Waals surface area contributed by atoms with Crippen molar-refractivity contribution in [2.45, 2.75) is 25.7 Å². The number of benzene rings is 1. The largest absolute Gasteiger partial charge is 0.384 e. The summed E-state index contributed by atoms with van der Waals surface area (Å²) in [6.45, 7) is 6.51. The Morgan fingerprint density at radius 3 is 2.48 bits per heavy atom. The van der Waals surface area contributed by atoms with Crippen LogP contribution in [0.25, 0.3) is 0 Å². The molecule has 0 saturated carbocycles. The standard InChI is InChI=1S/C13H21N3O4S/c1-5-14-12-7-6-11(16(17)18)8-13(12)21(19,20)15(4)9-10(2)3/h6-8,10,14H,5,9H2,1-4H3. The minimum absolute atomic E-state index is 0.0679. The third-order valence-electron chi connectivity index (χ3n) is 2.85. The molecule has 0 aliphatic carbocycles. The molecule has 1 rings (SSSR count). The van der Waals surface area contributed by atoms with E-state index >= 15 is 0 Å². The third-order valence-corrected chi connectivity index (χ3v) is 4.72. The fourth-order valence-corrected chi connectivity index (χ4v) is 3.47. The summed E-state index contributed by atoms with van der Waals surface area (Å²) < 4.78 is 26.4. The lowest BCUT2D eigenvalue weighted by atomic mass is 10.2. The highest BCUT2D eigenvalue weighted by atomic mass is 32.2.